The van der Waals surface area contributed by atoms with E-state index >= 15 is 0 Å². The SMILES string of the molecule is COC(=O)CCCCC(=O)CCC1C(O)CC(=O)C1CCC(=O)OC. The van der Waals surface area contributed by atoms with Crippen molar-refractivity contribution >= 4 is 23.5 Å². The average Bonchev–Trinajstić information content (AvgIpc) is 2.87. The van der Waals surface area contributed by atoms with E-state index in [2.05, 4.69) is 9.47 Å². The second-order valence-electron chi connectivity index (χ2n) is 6.48. The predicted octanol–water partition coefficient (Wildman–Crippen LogP) is 1.59. The number of hydrogen-bond acceptors (Lipinski definition) is 7. The number of ether oxygens (including phenoxy) is 2. The molecule has 3 unspecified atom stereocenters. The number of hydrogen-bond donors (Lipinski definition) is 1. The van der Waals surface area contributed by atoms with Crippen LogP contribution in [-0.2, 0) is 28.7 Å². The van der Waals surface area contributed by atoms with Gasteiger partial charge in [0.25, 0.3) is 0 Å². The minimum Gasteiger partial charge on any atom is -0.469 e. The molecule has 0 aromatic heterocycles. The maximum atomic E-state index is 12.0. The lowest BCUT2D eigenvalue weighted by Crippen LogP contribution is -2.22. The second-order valence-corrected chi connectivity index (χ2v) is 6.48. The van der Waals surface area contributed by atoms with Gasteiger partial charge in [0.2, 0.25) is 0 Å². The number of Topliss-reactive ketones (excluding diaryl/α,β-unsaturated/α-hetero) is 2. The summed E-state index contributed by atoms with van der Waals surface area (Å²) in [6, 6.07) is 0. The molecule has 0 aliphatic heterocycles. The molecule has 0 saturated heterocycles. The first-order valence-corrected chi connectivity index (χ1v) is 8.75. The Bertz CT molecular complexity index is 486. The standard InChI is InChI=1S/C18H28O7/c1-24-17(22)6-4-3-5-12(19)7-8-13-14(9-10-18(23)25-2)16(21)11-15(13)20/h13-15,20H,3-11H2,1-2H3. The summed E-state index contributed by atoms with van der Waals surface area (Å²) in [5.41, 5.74) is 0. The van der Waals surface area contributed by atoms with Gasteiger partial charge in [-0.25, -0.2) is 0 Å². The van der Waals surface area contributed by atoms with Crippen molar-refractivity contribution in [2.24, 2.45) is 11.8 Å². The normalized spacial score (nSPS) is 22.7. The molecule has 142 valence electrons. The van der Waals surface area contributed by atoms with Crippen molar-refractivity contribution in [3.8, 4) is 0 Å². The van der Waals surface area contributed by atoms with Gasteiger partial charge >= 0.3 is 11.9 Å². The molecule has 0 aromatic carbocycles. The van der Waals surface area contributed by atoms with E-state index < -0.39 is 6.10 Å². The summed E-state index contributed by atoms with van der Waals surface area (Å²) in [5, 5.41) is 10.1. The molecule has 0 amide bonds. The molecule has 25 heavy (non-hydrogen) atoms. The Kier molecular flexibility index (Phi) is 9.34. The van der Waals surface area contributed by atoms with Gasteiger partial charge in [-0.05, 0) is 31.6 Å². The molecule has 1 fully saturated rings. The molecule has 1 aliphatic rings. The molecule has 3 atom stereocenters. The Labute approximate surface area is 148 Å². The van der Waals surface area contributed by atoms with Crippen molar-refractivity contribution in [1.82, 2.24) is 0 Å². The van der Waals surface area contributed by atoms with Crippen LogP contribution in [0.5, 0.6) is 0 Å². The van der Waals surface area contributed by atoms with Gasteiger partial charge in [0.1, 0.15) is 11.6 Å². The zero-order valence-corrected chi connectivity index (χ0v) is 15.0. The first kappa shape index (κ1) is 21.3. The number of carbonyl (C=O) groups excluding carboxylic acids is 4. The molecule has 7 nitrogen and oxygen atoms in total. The topological polar surface area (TPSA) is 107 Å². The molecule has 1 saturated carbocycles. The maximum Gasteiger partial charge on any atom is 0.305 e. The van der Waals surface area contributed by atoms with Crippen LogP contribution in [0.25, 0.3) is 0 Å². The molecule has 1 rings (SSSR count). The molecule has 1 N–H and O–H groups in total. The molecule has 1 aliphatic carbocycles. The van der Waals surface area contributed by atoms with Crippen LogP contribution in [0.4, 0.5) is 0 Å². The minimum absolute atomic E-state index is 0.0491. The number of methoxy groups -OCH3 is 2. The molecule has 7 heteroatoms. The fraction of sp³-hybridized carbons (Fsp3) is 0.778. The number of aliphatic hydroxyl groups excluding tert-OH is 1. The molecular formula is C18H28O7. The van der Waals surface area contributed by atoms with E-state index in [1.165, 1.54) is 14.2 Å². The summed E-state index contributed by atoms with van der Waals surface area (Å²) in [7, 11) is 2.63. The maximum absolute atomic E-state index is 12.0. The zero-order valence-electron chi connectivity index (χ0n) is 15.0. The van der Waals surface area contributed by atoms with Gasteiger partial charge in [-0.2, -0.15) is 0 Å². The first-order valence-electron chi connectivity index (χ1n) is 8.75. The lowest BCUT2D eigenvalue weighted by molar-refractivity contribution is -0.141. The number of unbranched alkanes of at least 4 members (excludes halogenated alkanes) is 1. The Balaban J connectivity index is 2.36. The van der Waals surface area contributed by atoms with Gasteiger partial charge < -0.3 is 14.6 Å². The Morgan fingerprint density at radius 1 is 0.960 bits per heavy atom. The van der Waals surface area contributed by atoms with Crippen LogP contribution < -0.4 is 0 Å². The second kappa shape index (κ2) is 11.0. The largest absolute Gasteiger partial charge is 0.469 e. The highest BCUT2D eigenvalue weighted by Crippen LogP contribution is 2.36. The average molecular weight is 356 g/mol. The minimum atomic E-state index is -0.748. The fourth-order valence-electron chi connectivity index (χ4n) is 3.31. The van der Waals surface area contributed by atoms with Crippen LogP contribution in [0.2, 0.25) is 0 Å². The van der Waals surface area contributed by atoms with E-state index in [0.29, 0.717) is 44.9 Å². The third-order valence-corrected chi connectivity index (χ3v) is 4.79. The third kappa shape index (κ3) is 7.34. The Morgan fingerprint density at radius 3 is 2.20 bits per heavy atom. The van der Waals surface area contributed by atoms with Crippen LogP contribution in [-0.4, -0.2) is 48.9 Å². The van der Waals surface area contributed by atoms with Crippen LogP contribution >= 0.6 is 0 Å². The molecule has 0 spiro atoms. The van der Waals surface area contributed by atoms with Gasteiger partial charge in [0.15, 0.2) is 0 Å². The smallest absolute Gasteiger partial charge is 0.305 e. The van der Waals surface area contributed by atoms with Crippen molar-refractivity contribution in [2.45, 2.75) is 63.9 Å². The first-order chi connectivity index (χ1) is 11.9. The number of rotatable bonds is 11. The van der Waals surface area contributed by atoms with E-state index in [1.54, 1.807) is 0 Å². The highest BCUT2D eigenvalue weighted by Gasteiger charge is 2.41. The van der Waals surface area contributed by atoms with Crippen LogP contribution in [0.1, 0.15) is 57.8 Å². The van der Waals surface area contributed by atoms with Crippen molar-refractivity contribution < 1.29 is 33.8 Å². The summed E-state index contributed by atoms with van der Waals surface area (Å²) >= 11 is 0. The number of aliphatic hydroxyl groups is 1. The molecule has 0 heterocycles. The molecule has 0 aromatic rings. The van der Waals surface area contributed by atoms with Gasteiger partial charge in [-0.15, -0.1) is 0 Å². The summed E-state index contributed by atoms with van der Waals surface area (Å²) < 4.78 is 9.12. The van der Waals surface area contributed by atoms with Gasteiger partial charge in [0.05, 0.1) is 20.3 Å². The van der Waals surface area contributed by atoms with Gasteiger partial charge in [-0.3, -0.25) is 19.2 Å². The van der Waals surface area contributed by atoms with Gasteiger partial charge in [0, 0.05) is 38.0 Å². The summed E-state index contributed by atoms with van der Waals surface area (Å²) in [4.78, 5) is 46.2. The zero-order chi connectivity index (χ0) is 18.8. The predicted molar refractivity (Wildman–Crippen MR) is 88.6 cm³/mol. The monoisotopic (exact) mass is 356 g/mol. The Hall–Kier alpha value is -1.76. The quantitative estimate of drug-likeness (QED) is 0.442. The molecule has 0 radical (unpaired) electrons. The van der Waals surface area contributed by atoms with Crippen molar-refractivity contribution in [3.63, 3.8) is 0 Å². The molecule has 0 bridgehead atoms. The van der Waals surface area contributed by atoms with Gasteiger partial charge in [-0.1, -0.05) is 0 Å². The van der Waals surface area contributed by atoms with Crippen LogP contribution in [0.15, 0.2) is 0 Å². The van der Waals surface area contributed by atoms with E-state index in [0.717, 1.165) is 0 Å². The number of ketones is 2. The lowest BCUT2D eigenvalue weighted by Gasteiger charge is -2.20. The highest BCUT2D eigenvalue weighted by molar-refractivity contribution is 5.85. The van der Waals surface area contributed by atoms with E-state index in [1.807, 2.05) is 0 Å². The summed E-state index contributed by atoms with van der Waals surface area (Å²) in [6.45, 7) is 0. The van der Waals surface area contributed by atoms with E-state index in [4.69, 9.17) is 0 Å². The van der Waals surface area contributed by atoms with Crippen molar-refractivity contribution in [2.75, 3.05) is 14.2 Å². The summed E-state index contributed by atoms with van der Waals surface area (Å²) in [5.74, 6) is -1.32. The Morgan fingerprint density at radius 2 is 1.56 bits per heavy atom. The fourth-order valence-corrected chi connectivity index (χ4v) is 3.31. The van der Waals surface area contributed by atoms with Crippen LogP contribution in [0, 0.1) is 11.8 Å². The number of carbonyl (C=O) groups is 4. The van der Waals surface area contributed by atoms with Crippen LogP contribution in [0.3, 0.4) is 0 Å². The van der Waals surface area contributed by atoms with E-state index in [9.17, 15) is 24.3 Å². The third-order valence-electron chi connectivity index (χ3n) is 4.79. The van der Waals surface area contributed by atoms with Crippen molar-refractivity contribution in [1.29, 1.82) is 0 Å². The molecular weight excluding hydrogens is 328 g/mol. The summed E-state index contributed by atoms with van der Waals surface area (Å²) in [6.07, 6.45) is 2.45. The lowest BCUT2D eigenvalue weighted by atomic mass is 9.85. The van der Waals surface area contributed by atoms with E-state index in [-0.39, 0.29) is 48.2 Å². The van der Waals surface area contributed by atoms with Crippen molar-refractivity contribution in [3.05, 3.63) is 0 Å². The number of esters is 2. The highest BCUT2D eigenvalue weighted by atomic mass is 16.5.